The average molecular weight is 226 g/mol. The van der Waals surface area contributed by atoms with Crippen molar-refractivity contribution in [2.45, 2.75) is 0 Å². The van der Waals surface area contributed by atoms with Crippen molar-refractivity contribution in [1.29, 1.82) is 0 Å². The summed E-state index contributed by atoms with van der Waals surface area (Å²) in [6.07, 6.45) is 0. The smallest absolute Gasteiger partial charge is 0.323 e. The second kappa shape index (κ2) is 3.64. The van der Waals surface area contributed by atoms with Gasteiger partial charge in [0, 0.05) is 0 Å². The maximum absolute atomic E-state index is 8.26. The van der Waals surface area contributed by atoms with Crippen LogP contribution in [0.4, 0.5) is 0 Å². The molecule has 0 aliphatic heterocycles. The third-order valence-electron chi connectivity index (χ3n) is 0.228. The molecule has 0 rings (SSSR count). The first-order valence-corrected chi connectivity index (χ1v) is 6.95. The fourth-order valence-electron chi connectivity index (χ4n) is 0.0868. The predicted octanol–water partition coefficient (Wildman–Crippen LogP) is -0.647. The molecule has 0 saturated carbocycles. The lowest BCUT2D eigenvalue weighted by molar-refractivity contribution is -0.120. The summed E-state index contributed by atoms with van der Waals surface area (Å²) in [7, 11) is 0. The van der Waals surface area contributed by atoms with Gasteiger partial charge in [0.15, 0.2) is 0 Å². The number of rotatable bonds is 3. The predicted molar refractivity (Wildman–Crippen MR) is 39.6 cm³/mol. The van der Waals surface area contributed by atoms with E-state index in [4.69, 9.17) is 19.6 Å². The quantitative estimate of drug-likeness (QED) is 0.286. The zero-order valence-corrected chi connectivity index (χ0v) is 7.74. The molecule has 10 heteroatoms. The van der Waals surface area contributed by atoms with Gasteiger partial charge in [-0.05, 0) is 23.6 Å². The van der Waals surface area contributed by atoms with Gasteiger partial charge in [-0.15, -0.1) is 9.35 Å². The van der Waals surface area contributed by atoms with Crippen molar-refractivity contribution < 1.29 is 28.9 Å². The minimum absolute atomic E-state index is 3.58. The maximum Gasteiger partial charge on any atom is 0.351 e. The Morgan fingerprint density at radius 1 is 0.800 bits per heavy atom. The Bertz CT molecular complexity index is 164. The SMILES string of the molecule is OP(O)(=S)OOP(O)(O)=S. The van der Waals surface area contributed by atoms with E-state index in [9.17, 15) is 0 Å². The lowest BCUT2D eigenvalue weighted by atomic mass is 14.9. The van der Waals surface area contributed by atoms with Gasteiger partial charge in [0.2, 0.25) is 0 Å². The van der Waals surface area contributed by atoms with Crippen LogP contribution in [0.1, 0.15) is 0 Å². The van der Waals surface area contributed by atoms with Crippen LogP contribution in [0, 0.1) is 0 Å². The van der Waals surface area contributed by atoms with Crippen molar-refractivity contribution in [2.75, 3.05) is 0 Å². The highest BCUT2D eigenvalue weighted by atomic mass is 32.5. The first-order chi connectivity index (χ1) is 4.21. The molecule has 0 spiro atoms. The summed E-state index contributed by atoms with van der Waals surface area (Å²) in [5.74, 6) is 0. The van der Waals surface area contributed by atoms with Crippen molar-refractivity contribution >= 4 is 37.1 Å². The highest BCUT2D eigenvalue weighted by molar-refractivity contribution is 8.07. The minimum Gasteiger partial charge on any atom is -0.323 e. The molecule has 0 aromatic carbocycles. The van der Waals surface area contributed by atoms with Crippen LogP contribution in [0.15, 0.2) is 0 Å². The molecular formula is H4O6P2S2. The molecule has 0 amide bonds. The molecule has 0 bridgehead atoms. The molecular weight excluding hydrogens is 222 g/mol. The Labute approximate surface area is 66.5 Å². The minimum atomic E-state index is -4.01. The summed E-state index contributed by atoms with van der Waals surface area (Å²) in [6.45, 7) is -8.02. The molecule has 0 aromatic heterocycles. The molecule has 6 nitrogen and oxygen atoms in total. The highest BCUT2D eigenvalue weighted by Crippen LogP contribution is 2.46. The van der Waals surface area contributed by atoms with E-state index in [-0.39, 0.29) is 0 Å². The first-order valence-electron chi connectivity index (χ1n) is 1.70. The summed E-state index contributed by atoms with van der Waals surface area (Å²) < 4.78 is 7.15. The molecule has 0 saturated heterocycles. The van der Waals surface area contributed by atoms with E-state index in [1.165, 1.54) is 0 Å². The lowest BCUT2D eigenvalue weighted by Crippen LogP contribution is -1.88. The molecule has 0 aromatic rings. The van der Waals surface area contributed by atoms with Gasteiger partial charge in [0.1, 0.15) is 0 Å². The molecule has 0 aliphatic rings. The molecule has 0 aliphatic carbocycles. The van der Waals surface area contributed by atoms with E-state index in [0.29, 0.717) is 0 Å². The van der Waals surface area contributed by atoms with Gasteiger partial charge in [-0.3, -0.25) is 0 Å². The fraction of sp³-hybridized carbons (Fsp3) is 0. The standard InChI is InChI=1S/H4O6P2S2/c1-7(2,9)5-6-8(3,4)10/h(H2,1,2,9)(H2,3,4,10). The summed E-state index contributed by atoms with van der Waals surface area (Å²) in [5, 5.41) is 0. The van der Waals surface area contributed by atoms with E-state index in [1.807, 2.05) is 0 Å². The van der Waals surface area contributed by atoms with Crippen molar-refractivity contribution in [2.24, 2.45) is 0 Å². The molecule has 0 heterocycles. The van der Waals surface area contributed by atoms with Crippen molar-refractivity contribution in [3.63, 3.8) is 0 Å². The van der Waals surface area contributed by atoms with Gasteiger partial charge in [-0.1, -0.05) is 0 Å². The second-order valence-corrected chi connectivity index (χ2v) is 6.24. The van der Waals surface area contributed by atoms with Gasteiger partial charge >= 0.3 is 13.4 Å². The second-order valence-electron chi connectivity index (χ2n) is 1.13. The van der Waals surface area contributed by atoms with Crippen LogP contribution in [0.25, 0.3) is 0 Å². The van der Waals surface area contributed by atoms with Gasteiger partial charge in [-0.25, -0.2) is 0 Å². The summed E-state index contributed by atoms with van der Waals surface area (Å²) >= 11 is 7.75. The normalized spacial score (nSPS) is 13.6. The third-order valence-corrected chi connectivity index (χ3v) is 1.25. The van der Waals surface area contributed by atoms with E-state index in [2.05, 4.69) is 33.0 Å². The molecule has 0 unspecified atom stereocenters. The van der Waals surface area contributed by atoms with Crippen LogP contribution >= 0.6 is 13.4 Å². The lowest BCUT2D eigenvalue weighted by Gasteiger charge is -2.08. The van der Waals surface area contributed by atoms with Gasteiger partial charge in [0.05, 0.1) is 0 Å². The topological polar surface area (TPSA) is 99.4 Å². The van der Waals surface area contributed by atoms with Crippen molar-refractivity contribution in [3.05, 3.63) is 0 Å². The van der Waals surface area contributed by atoms with Crippen molar-refractivity contribution in [3.8, 4) is 0 Å². The van der Waals surface area contributed by atoms with E-state index in [0.717, 1.165) is 0 Å². The molecule has 4 N–H and O–H groups in total. The first kappa shape index (κ1) is 11.1. The molecule has 0 fully saturated rings. The van der Waals surface area contributed by atoms with E-state index >= 15 is 0 Å². The zero-order valence-electron chi connectivity index (χ0n) is 4.32. The number of hydrogen-bond acceptors (Lipinski definition) is 4. The van der Waals surface area contributed by atoms with Crippen molar-refractivity contribution in [1.82, 2.24) is 0 Å². The van der Waals surface area contributed by atoms with Gasteiger partial charge in [0.25, 0.3) is 0 Å². The fourth-order valence-corrected chi connectivity index (χ4v) is 1.27. The third kappa shape index (κ3) is 9.06. The summed E-state index contributed by atoms with van der Waals surface area (Å²) in [4.78, 5) is 33.1. The highest BCUT2D eigenvalue weighted by Gasteiger charge is 2.16. The Morgan fingerprint density at radius 3 is 1.10 bits per heavy atom. The van der Waals surface area contributed by atoms with Crippen LogP contribution in [-0.4, -0.2) is 19.6 Å². The number of hydrogen-bond donors (Lipinski definition) is 4. The van der Waals surface area contributed by atoms with E-state index in [1.54, 1.807) is 0 Å². The Balaban J connectivity index is 3.79. The van der Waals surface area contributed by atoms with Gasteiger partial charge in [-0.2, -0.15) is 0 Å². The van der Waals surface area contributed by atoms with Gasteiger partial charge < -0.3 is 19.6 Å². The molecule has 10 heavy (non-hydrogen) atoms. The Hall–Kier alpha value is 1.06. The monoisotopic (exact) mass is 226 g/mol. The van der Waals surface area contributed by atoms with Crippen LogP contribution in [0.2, 0.25) is 0 Å². The zero-order chi connectivity index (χ0) is 8.41. The molecule has 62 valence electrons. The Morgan fingerprint density at radius 2 is 1.00 bits per heavy atom. The van der Waals surface area contributed by atoms with Crippen LogP contribution in [0.3, 0.4) is 0 Å². The van der Waals surface area contributed by atoms with Crippen LogP contribution < -0.4 is 0 Å². The molecule has 0 radical (unpaired) electrons. The molecule has 0 atom stereocenters. The summed E-state index contributed by atoms with van der Waals surface area (Å²) in [6, 6.07) is 0. The average Bonchev–Trinajstić information content (AvgIpc) is 1.57. The largest absolute Gasteiger partial charge is 0.351 e. The van der Waals surface area contributed by atoms with Crippen LogP contribution in [-0.2, 0) is 33.0 Å². The van der Waals surface area contributed by atoms with E-state index < -0.39 is 13.4 Å². The Kier molecular flexibility index (Phi) is 4.03. The summed E-state index contributed by atoms with van der Waals surface area (Å²) in [5.41, 5.74) is 0. The maximum atomic E-state index is 8.26. The van der Waals surface area contributed by atoms with Crippen LogP contribution in [0.5, 0.6) is 0 Å².